The van der Waals surface area contributed by atoms with Gasteiger partial charge in [-0.3, -0.25) is 9.27 Å². The quantitative estimate of drug-likeness (QED) is 0.746. The zero-order valence-corrected chi connectivity index (χ0v) is 8.63. The Labute approximate surface area is 82.6 Å². The lowest BCUT2D eigenvalue weighted by Gasteiger charge is -2.09. The molecule has 1 rings (SSSR count). The molecule has 0 aliphatic rings. The highest BCUT2D eigenvalue weighted by atomic mass is 32.2. The van der Waals surface area contributed by atoms with Crippen LogP contribution in [0.5, 0.6) is 5.75 Å². The maximum Gasteiger partial charge on any atom is 0.357 e. The molecule has 0 aromatic heterocycles. The SMILES string of the molecule is COc1ccc(C)cc1NS(=O)(=O)O. The molecule has 2 N–H and O–H groups in total. The molecule has 0 aliphatic carbocycles. The van der Waals surface area contributed by atoms with Gasteiger partial charge in [0.25, 0.3) is 0 Å². The molecule has 0 atom stereocenters. The Morgan fingerprint density at radius 1 is 1.43 bits per heavy atom. The highest BCUT2D eigenvalue weighted by molar-refractivity contribution is 7.87. The summed E-state index contributed by atoms with van der Waals surface area (Å²) in [5.74, 6) is 0.355. The topological polar surface area (TPSA) is 75.6 Å². The van der Waals surface area contributed by atoms with Crippen LogP contribution in [0.4, 0.5) is 5.69 Å². The molecule has 0 unspecified atom stereocenters. The van der Waals surface area contributed by atoms with Gasteiger partial charge < -0.3 is 4.74 Å². The number of benzene rings is 1. The summed E-state index contributed by atoms with van der Waals surface area (Å²) in [7, 11) is -2.84. The van der Waals surface area contributed by atoms with E-state index in [9.17, 15) is 8.42 Å². The van der Waals surface area contributed by atoms with Crippen LogP contribution >= 0.6 is 0 Å². The molecule has 0 spiro atoms. The molecule has 1 aromatic carbocycles. The van der Waals surface area contributed by atoms with Crippen molar-refractivity contribution >= 4 is 16.0 Å². The van der Waals surface area contributed by atoms with Gasteiger partial charge in [-0.2, -0.15) is 8.42 Å². The first-order chi connectivity index (χ1) is 6.42. The number of ether oxygens (including phenoxy) is 1. The van der Waals surface area contributed by atoms with E-state index in [0.29, 0.717) is 5.75 Å². The minimum atomic E-state index is -4.26. The molecule has 6 heteroatoms. The Balaban J connectivity index is 3.11. The van der Waals surface area contributed by atoms with Gasteiger partial charge in [0, 0.05) is 0 Å². The van der Waals surface area contributed by atoms with E-state index in [0.717, 1.165) is 5.56 Å². The zero-order valence-electron chi connectivity index (χ0n) is 7.81. The van der Waals surface area contributed by atoms with E-state index in [4.69, 9.17) is 9.29 Å². The largest absolute Gasteiger partial charge is 0.495 e. The maximum absolute atomic E-state index is 10.6. The molecule has 0 saturated carbocycles. The van der Waals surface area contributed by atoms with Crippen molar-refractivity contribution in [3.63, 3.8) is 0 Å². The number of hydrogen-bond donors (Lipinski definition) is 2. The molecular formula is C8H11NO4S. The lowest BCUT2D eigenvalue weighted by atomic mass is 10.2. The third-order valence-corrected chi connectivity index (χ3v) is 2.07. The number of rotatable bonds is 3. The van der Waals surface area contributed by atoms with Crippen LogP contribution in [0.3, 0.4) is 0 Å². The maximum atomic E-state index is 10.6. The summed E-state index contributed by atoms with van der Waals surface area (Å²) in [6.45, 7) is 1.80. The van der Waals surface area contributed by atoms with E-state index < -0.39 is 10.3 Å². The van der Waals surface area contributed by atoms with Crippen molar-refractivity contribution in [3.8, 4) is 5.75 Å². The Morgan fingerprint density at radius 3 is 2.57 bits per heavy atom. The molecule has 0 fully saturated rings. The van der Waals surface area contributed by atoms with Crippen LogP contribution in [0.25, 0.3) is 0 Å². The second-order valence-corrected chi connectivity index (χ2v) is 3.94. The molecule has 5 nitrogen and oxygen atoms in total. The molecule has 14 heavy (non-hydrogen) atoms. The van der Waals surface area contributed by atoms with Gasteiger partial charge in [0.15, 0.2) is 0 Å². The van der Waals surface area contributed by atoms with Crippen molar-refractivity contribution in [2.45, 2.75) is 6.92 Å². The number of nitrogens with one attached hydrogen (secondary N) is 1. The van der Waals surface area contributed by atoms with Gasteiger partial charge in [0.1, 0.15) is 5.75 Å². The Bertz CT molecular complexity index is 427. The van der Waals surface area contributed by atoms with E-state index in [1.807, 2.05) is 4.72 Å². The Kier molecular flexibility index (Phi) is 2.97. The average molecular weight is 217 g/mol. The molecule has 0 amide bonds. The monoisotopic (exact) mass is 217 g/mol. The third-order valence-electron chi connectivity index (χ3n) is 1.59. The lowest BCUT2D eigenvalue weighted by Crippen LogP contribution is -2.11. The van der Waals surface area contributed by atoms with Crippen LogP contribution < -0.4 is 9.46 Å². The third kappa shape index (κ3) is 2.90. The van der Waals surface area contributed by atoms with Gasteiger partial charge in [-0.1, -0.05) is 6.07 Å². The number of methoxy groups -OCH3 is 1. The number of aryl methyl sites for hydroxylation is 1. The summed E-state index contributed by atoms with van der Waals surface area (Å²) < 4.78 is 36.6. The van der Waals surface area contributed by atoms with Gasteiger partial charge in [0.05, 0.1) is 12.8 Å². The van der Waals surface area contributed by atoms with Gasteiger partial charge in [0.2, 0.25) is 0 Å². The van der Waals surface area contributed by atoms with Crippen molar-refractivity contribution in [3.05, 3.63) is 23.8 Å². The van der Waals surface area contributed by atoms with Crippen molar-refractivity contribution in [1.29, 1.82) is 0 Å². The van der Waals surface area contributed by atoms with Crippen molar-refractivity contribution in [2.75, 3.05) is 11.8 Å². The second kappa shape index (κ2) is 3.85. The molecule has 0 bridgehead atoms. The lowest BCUT2D eigenvalue weighted by molar-refractivity contribution is 0.416. The van der Waals surface area contributed by atoms with Gasteiger partial charge in [-0.25, -0.2) is 0 Å². The van der Waals surface area contributed by atoms with E-state index in [2.05, 4.69) is 0 Å². The van der Waals surface area contributed by atoms with Gasteiger partial charge in [-0.05, 0) is 24.6 Å². The highest BCUT2D eigenvalue weighted by Gasteiger charge is 2.09. The van der Waals surface area contributed by atoms with Crippen LogP contribution in [0.1, 0.15) is 5.56 Å². The van der Waals surface area contributed by atoms with E-state index in [1.54, 1.807) is 25.1 Å². The smallest absolute Gasteiger partial charge is 0.357 e. The zero-order chi connectivity index (χ0) is 10.8. The summed E-state index contributed by atoms with van der Waals surface area (Å²) >= 11 is 0. The molecule has 1 aromatic rings. The van der Waals surface area contributed by atoms with Crippen LogP contribution in [-0.4, -0.2) is 20.1 Å². The van der Waals surface area contributed by atoms with Crippen LogP contribution in [0.15, 0.2) is 18.2 Å². The first kappa shape index (κ1) is 10.8. The summed E-state index contributed by atoms with van der Waals surface area (Å²) in [6, 6.07) is 4.95. The fourth-order valence-corrected chi connectivity index (χ4v) is 1.48. The fourth-order valence-electron chi connectivity index (χ4n) is 1.04. The van der Waals surface area contributed by atoms with E-state index >= 15 is 0 Å². The van der Waals surface area contributed by atoms with Gasteiger partial charge >= 0.3 is 10.3 Å². The predicted molar refractivity (Wildman–Crippen MR) is 52.9 cm³/mol. The van der Waals surface area contributed by atoms with E-state index in [1.165, 1.54) is 7.11 Å². The van der Waals surface area contributed by atoms with Crippen molar-refractivity contribution in [1.82, 2.24) is 0 Å². The number of hydrogen-bond acceptors (Lipinski definition) is 3. The normalized spacial score (nSPS) is 11.1. The summed E-state index contributed by atoms with van der Waals surface area (Å²) in [5.41, 5.74) is 1.08. The van der Waals surface area contributed by atoms with Crippen molar-refractivity contribution in [2.24, 2.45) is 0 Å². The standard InChI is InChI=1S/C8H11NO4S/c1-6-3-4-8(13-2)7(5-6)9-14(10,11)12/h3-5,9H,1-2H3,(H,10,11,12). The summed E-state index contributed by atoms with van der Waals surface area (Å²) in [5, 5.41) is 0. The van der Waals surface area contributed by atoms with Crippen LogP contribution in [-0.2, 0) is 10.3 Å². The predicted octanol–water partition coefficient (Wildman–Crippen LogP) is 1.22. The molecule has 78 valence electrons. The molecule has 0 heterocycles. The first-order valence-corrected chi connectivity index (χ1v) is 5.26. The minimum Gasteiger partial charge on any atom is -0.495 e. The highest BCUT2D eigenvalue weighted by Crippen LogP contribution is 2.25. The van der Waals surface area contributed by atoms with Crippen molar-refractivity contribution < 1.29 is 17.7 Å². The molecule has 0 radical (unpaired) electrons. The minimum absolute atomic E-state index is 0.218. The summed E-state index contributed by atoms with van der Waals surface area (Å²) in [6.07, 6.45) is 0. The average Bonchev–Trinajstić information content (AvgIpc) is 2.01. The van der Waals surface area contributed by atoms with Crippen LogP contribution in [0, 0.1) is 6.92 Å². The van der Waals surface area contributed by atoms with Crippen LogP contribution in [0.2, 0.25) is 0 Å². The Hall–Kier alpha value is -1.27. The molecular weight excluding hydrogens is 206 g/mol. The first-order valence-electron chi connectivity index (χ1n) is 3.82. The Morgan fingerprint density at radius 2 is 2.07 bits per heavy atom. The number of anilines is 1. The molecule has 0 aliphatic heterocycles. The second-order valence-electron chi connectivity index (χ2n) is 2.78. The molecule has 0 saturated heterocycles. The van der Waals surface area contributed by atoms with E-state index in [-0.39, 0.29) is 5.69 Å². The summed E-state index contributed by atoms with van der Waals surface area (Å²) in [4.78, 5) is 0. The van der Waals surface area contributed by atoms with Gasteiger partial charge in [-0.15, -0.1) is 0 Å². The fraction of sp³-hybridized carbons (Fsp3) is 0.250.